The summed E-state index contributed by atoms with van der Waals surface area (Å²) in [5, 5.41) is 0. The van der Waals surface area contributed by atoms with E-state index >= 15 is 0 Å². The number of rotatable bonds is 7. The van der Waals surface area contributed by atoms with E-state index in [4.69, 9.17) is 9.47 Å². The van der Waals surface area contributed by atoms with Gasteiger partial charge in [-0.05, 0) is 41.0 Å². The first-order valence-corrected chi connectivity index (χ1v) is 9.13. The highest BCUT2D eigenvalue weighted by Gasteiger charge is 2.39. The summed E-state index contributed by atoms with van der Waals surface area (Å²) in [7, 11) is 3.46. The summed E-state index contributed by atoms with van der Waals surface area (Å²) in [4.78, 5) is 0. The van der Waals surface area contributed by atoms with Crippen LogP contribution in [0.1, 0.15) is 74.6 Å². The summed E-state index contributed by atoms with van der Waals surface area (Å²) in [6, 6.07) is 17.3. The molecule has 0 saturated heterocycles. The van der Waals surface area contributed by atoms with Crippen molar-refractivity contribution in [1.29, 1.82) is 0 Å². The summed E-state index contributed by atoms with van der Waals surface area (Å²) >= 11 is 0. The number of hydrogen-bond acceptors (Lipinski definition) is 2. The van der Waals surface area contributed by atoms with E-state index in [1.807, 2.05) is 6.92 Å². The smallest absolute Gasteiger partial charge is 0.175 e. The monoisotopic (exact) mass is 340 g/mol. The Labute approximate surface area is 153 Å². The molecule has 0 amide bonds. The molecule has 0 N–H and O–H groups in total. The van der Waals surface area contributed by atoms with Gasteiger partial charge >= 0.3 is 0 Å². The molecule has 2 heteroatoms. The second-order valence-electron chi connectivity index (χ2n) is 7.42. The predicted molar refractivity (Wildman–Crippen MR) is 105 cm³/mol. The van der Waals surface area contributed by atoms with Crippen molar-refractivity contribution in [2.75, 3.05) is 14.2 Å². The van der Waals surface area contributed by atoms with E-state index < -0.39 is 5.79 Å². The van der Waals surface area contributed by atoms with Crippen molar-refractivity contribution in [3.63, 3.8) is 0 Å². The average molecular weight is 341 g/mol. The van der Waals surface area contributed by atoms with Gasteiger partial charge in [0.2, 0.25) is 0 Å². The molecule has 0 spiro atoms. The van der Waals surface area contributed by atoms with Gasteiger partial charge in [0.1, 0.15) is 0 Å². The number of ether oxygens (including phenoxy) is 2. The molecule has 0 atom stereocenters. The van der Waals surface area contributed by atoms with Gasteiger partial charge in [-0.1, -0.05) is 76.2 Å². The maximum atomic E-state index is 5.91. The maximum absolute atomic E-state index is 5.91. The lowest BCUT2D eigenvalue weighted by Crippen LogP contribution is -2.39. The highest BCUT2D eigenvalue weighted by molar-refractivity contribution is 5.45. The third kappa shape index (κ3) is 3.96. The Morgan fingerprint density at radius 2 is 0.960 bits per heavy atom. The number of hydrogen-bond donors (Lipinski definition) is 0. The normalized spacial score (nSPS) is 12.4. The third-order valence-corrected chi connectivity index (χ3v) is 5.19. The van der Waals surface area contributed by atoms with Crippen LogP contribution in [0.25, 0.3) is 0 Å². The van der Waals surface area contributed by atoms with Crippen LogP contribution in [-0.4, -0.2) is 20.0 Å². The van der Waals surface area contributed by atoms with E-state index in [1.165, 1.54) is 22.3 Å². The van der Waals surface area contributed by atoms with E-state index in [9.17, 15) is 0 Å². The molecule has 2 aromatic rings. The van der Waals surface area contributed by atoms with Gasteiger partial charge in [0.15, 0.2) is 5.79 Å². The van der Waals surface area contributed by atoms with Gasteiger partial charge in [-0.3, -0.25) is 0 Å². The molecule has 136 valence electrons. The van der Waals surface area contributed by atoms with E-state index in [0.29, 0.717) is 11.8 Å². The lowest BCUT2D eigenvalue weighted by Gasteiger charge is -2.38. The molecular formula is C23H32O2. The van der Waals surface area contributed by atoms with E-state index in [0.717, 1.165) is 0 Å². The zero-order chi connectivity index (χ0) is 18.6. The third-order valence-electron chi connectivity index (χ3n) is 5.19. The molecule has 0 heterocycles. The van der Waals surface area contributed by atoms with Crippen LogP contribution in [0.5, 0.6) is 0 Å². The first-order valence-electron chi connectivity index (χ1n) is 9.13. The van der Waals surface area contributed by atoms with Crippen molar-refractivity contribution >= 4 is 0 Å². The van der Waals surface area contributed by atoms with Crippen LogP contribution in [0, 0.1) is 0 Å². The molecule has 0 aliphatic rings. The average Bonchev–Trinajstić information content (AvgIpc) is 2.62. The second-order valence-corrected chi connectivity index (χ2v) is 7.42. The Morgan fingerprint density at radius 1 is 0.640 bits per heavy atom. The second kappa shape index (κ2) is 8.16. The summed E-state index contributed by atoms with van der Waals surface area (Å²) in [5.41, 5.74) is 5.23. The van der Waals surface area contributed by atoms with Gasteiger partial charge in [0, 0.05) is 14.2 Å². The van der Waals surface area contributed by atoms with Crippen LogP contribution in [0.3, 0.4) is 0 Å². The zero-order valence-electron chi connectivity index (χ0n) is 16.7. The van der Waals surface area contributed by atoms with Crippen LogP contribution in [0.15, 0.2) is 48.5 Å². The van der Waals surface area contributed by atoms with Gasteiger partial charge in [-0.25, -0.2) is 0 Å². The van der Waals surface area contributed by atoms with Crippen molar-refractivity contribution < 1.29 is 9.47 Å². The van der Waals surface area contributed by atoms with Crippen molar-refractivity contribution in [3.8, 4) is 0 Å². The number of benzene rings is 2. The summed E-state index contributed by atoms with van der Waals surface area (Å²) < 4.78 is 11.8. The SMILES string of the molecule is COC(C)(OC)C(c1ccccc1C(C)C)c1ccccc1C(C)C. The highest BCUT2D eigenvalue weighted by Crippen LogP contribution is 2.43. The Kier molecular flexibility index (Phi) is 6.42. The van der Waals surface area contributed by atoms with Gasteiger partial charge in [0.05, 0.1) is 5.92 Å². The molecule has 0 aromatic heterocycles. The fourth-order valence-corrected chi connectivity index (χ4v) is 3.65. The van der Waals surface area contributed by atoms with Crippen LogP contribution in [-0.2, 0) is 9.47 Å². The molecule has 0 radical (unpaired) electrons. The molecule has 2 rings (SSSR count). The maximum Gasteiger partial charge on any atom is 0.175 e. The molecule has 25 heavy (non-hydrogen) atoms. The standard InChI is InChI=1S/C23H32O2/c1-16(2)18-12-8-10-14-20(18)22(23(5,24-6)25-7)21-15-11-9-13-19(21)17(3)4/h8-17,22H,1-7H3. The molecule has 0 aliphatic carbocycles. The summed E-state index contributed by atoms with van der Waals surface area (Å²) in [6.07, 6.45) is 0. The van der Waals surface area contributed by atoms with Crippen LogP contribution < -0.4 is 0 Å². The highest BCUT2D eigenvalue weighted by atomic mass is 16.7. The molecule has 0 aliphatic heterocycles. The van der Waals surface area contributed by atoms with Gasteiger partial charge in [0.25, 0.3) is 0 Å². The van der Waals surface area contributed by atoms with Crippen molar-refractivity contribution in [2.24, 2.45) is 0 Å². The molecule has 2 nitrogen and oxygen atoms in total. The van der Waals surface area contributed by atoms with Gasteiger partial charge in [-0.2, -0.15) is 0 Å². The zero-order valence-corrected chi connectivity index (χ0v) is 16.7. The lowest BCUT2D eigenvalue weighted by molar-refractivity contribution is -0.202. The van der Waals surface area contributed by atoms with Gasteiger partial charge < -0.3 is 9.47 Å². The van der Waals surface area contributed by atoms with Crippen molar-refractivity contribution in [2.45, 2.75) is 58.2 Å². The largest absolute Gasteiger partial charge is 0.353 e. The molecule has 0 bridgehead atoms. The van der Waals surface area contributed by atoms with Gasteiger partial charge in [-0.15, -0.1) is 0 Å². The molecule has 2 aromatic carbocycles. The minimum Gasteiger partial charge on any atom is -0.353 e. The lowest BCUT2D eigenvalue weighted by atomic mass is 9.77. The van der Waals surface area contributed by atoms with E-state index in [2.05, 4.69) is 76.2 Å². The minimum atomic E-state index is -0.740. The molecule has 0 fully saturated rings. The molecule has 0 unspecified atom stereocenters. The fraction of sp³-hybridized carbons (Fsp3) is 0.478. The predicted octanol–water partition coefficient (Wildman–Crippen LogP) is 6.07. The molecular weight excluding hydrogens is 308 g/mol. The summed E-state index contributed by atoms with van der Waals surface area (Å²) in [6.45, 7) is 11.0. The number of methoxy groups -OCH3 is 2. The van der Waals surface area contributed by atoms with E-state index in [1.54, 1.807) is 14.2 Å². The van der Waals surface area contributed by atoms with Crippen LogP contribution >= 0.6 is 0 Å². The Balaban J connectivity index is 2.78. The van der Waals surface area contributed by atoms with Crippen molar-refractivity contribution in [1.82, 2.24) is 0 Å². The quantitative estimate of drug-likeness (QED) is 0.569. The van der Waals surface area contributed by atoms with Crippen molar-refractivity contribution in [3.05, 3.63) is 70.8 Å². The van der Waals surface area contributed by atoms with E-state index in [-0.39, 0.29) is 5.92 Å². The van der Waals surface area contributed by atoms with Crippen LogP contribution in [0.2, 0.25) is 0 Å². The molecule has 0 saturated carbocycles. The fourth-order valence-electron chi connectivity index (χ4n) is 3.65. The summed E-state index contributed by atoms with van der Waals surface area (Å²) in [5.74, 6) is 0.126. The Hall–Kier alpha value is -1.64. The Bertz CT molecular complexity index is 632. The van der Waals surface area contributed by atoms with Crippen LogP contribution in [0.4, 0.5) is 0 Å². The topological polar surface area (TPSA) is 18.5 Å². The Morgan fingerprint density at radius 3 is 1.24 bits per heavy atom. The first kappa shape index (κ1) is 19.7. The minimum absolute atomic E-state index is 0.000278. The first-order chi connectivity index (χ1) is 11.9.